The van der Waals surface area contributed by atoms with Crippen LogP contribution in [-0.4, -0.2) is 29.3 Å². The number of para-hydroxylation sites is 1. The van der Waals surface area contributed by atoms with E-state index in [1.54, 1.807) is 0 Å². The molecule has 0 bridgehead atoms. The van der Waals surface area contributed by atoms with Crippen molar-refractivity contribution in [1.82, 2.24) is 4.98 Å². The van der Waals surface area contributed by atoms with Crippen LogP contribution >= 0.6 is 0 Å². The van der Waals surface area contributed by atoms with Crippen LogP contribution in [0.2, 0.25) is 0 Å². The normalized spacial score (nSPS) is 28.0. The molecule has 2 fully saturated rings. The van der Waals surface area contributed by atoms with Crippen LogP contribution in [0.15, 0.2) is 30.5 Å². The van der Waals surface area contributed by atoms with Crippen molar-refractivity contribution in [2.45, 2.75) is 11.8 Å². The third kappa shape index (κ3) is 1.40. The zero-order valence-corrected chi connectivity index (χ0v) is 10.4. The van der Waals surface area contributed by atoms with Crippen LogP contribution in [0.4, 0.5) is 0 Å². The van der Waals surface area contributed by atoms with Crippen molar-refractivity contribution >= 4 is 16.9 Å². The largest absolute Gasteiger partial charge is 0.481 e. The molecule has 2 aromatic rings. The van der Waals surface area contributed by atoms with E-state index in [4.69, 9.17) is 9.84 Å². The molecule has 19 heavy (non-hydrogen) atoms. The number of carboxylic acids is 1. The summed E-state index contributed by atoms with van der Waals surface area (Å²) in [5.74, 6) is -0.647. The van der Waals surface area contributed by atoms with Gasteiger partial charge in [-0.1, -0.05) is 18.2 Å². The van der Waals surface area contributed by atoms with Crippen molar-refractivity contribution in [2.75, 3.05) is 13.2 Å². The second kappa shape index (κ2) is 3.61. The molecular weight excluding hydrogens is 242 g/mol. The molecule has 2 aliphatic rings. The molecule has 1 saturated carbocycles. The second-order valence-electron chi connectivity index (χ2n) is 5.68. The molecule has 0 amide bonds. The second-order valence-corrected chi connectivity index (χ2v) is 5.68. The molecule has 98 valence electrons. The predicted octanol–water partition coefficient (Wildman–Crippen LogP) is 2.16. The molecule has 4 rings (SSSR count). The summed E-state index contributed by atoms with van der Waals surface area (Å²) in [4.78, 5) is 14.4. The van der Waals surface area contributed by atoms with Gasteiger partial charge >= 0.3 is 5.97 Å². The van der Waals surface area contributed by atoms with Gasteiger partial charge in [0.25, 0.3) is 0 Å². The highest BCUT2D eigenvalue weighted by Gasteiger charge is 2.60. The van der Waals surface area contributed by atoms with Crippen LogP contribution < -0.4 is 0 Å². The topological polar surface area (TPSA) is 62.3 Å². The summed E-state index contributed by atoms with van der Waals surface area (Å²) < 4.78 is 5.43. The predicted molar refractivity (Wildman–Crippen MR) is 70.0 cm³/mol. The van der Waals surface area contributed by atoms with Crippen LogP contribution in [0.25, 0.3) is 10.9 Å². The Kier molecular flexibility index (Phi) is 2.10. The zero-order chi connectivity index (χ0) is 13.0. The fourth-order valence-electron chi connectivity index (χ4n) is 3.45. The number of ether oxygens (including phenoxy) is 1. The lowest BCUT2D eigenvalue weighted by Crippen LogP contribution is -2.49. The van der Waals surface area contributed by atoms with Gasteiger partial charge in [0.15, 0.2) is 0 Å². The first-order valence-electron chi connectivity index (χ1n) is 6.59. The Labute approximate surface area is 110 Å². The van der Waals surface area contributed by atoms with Crippen molar-refractivity contribution in [3.05, 3.63) is 36.0 Å². The van der Waals surface area contributed by atoms with Crippen LogP contribution in [0.1, 0.15) is 12.0 Å². The van der Waals surface area contributed by atoms with Crippen LogP contribution in [0, 0.1) is 11.8 Å². The van der Waals surface area contributed by atoms with E-state index in [1.807, 2.05) is 24.4 Å². The van der Waals surface area contributed by atoms with Gasteiger partial charge in [-0.05, 0) is 24.0 Å². The highest BCUT2D eigenvalue weighted by molar-refractivity contribution is 5.85. The van der Waals surface area contributed by atoms with Gasteiger partial charge in [0.05, 0.1) is 19.1 Å². The number of benzene rings is 1. The zero-order valence-electron chi connectivity index (χ0n) is 10.4. The van der Waals surface area contributed by atoms with Gasteiger partial charge in [0.2, 0.25) is 0 Å². The highest BCUT2D eigenvalue weighted by Crippen LogP contribution is 2.56. The van der Waals surface area contributed by atoms with Gasteiger partial charge < -0.3 is 14.8 Å². The molecule has 4 nitrogen and oxygen atoms in total. The van der Waals surface area contributed by atoms with E-state index >= 15 is 0 Å². The lowest BCUT2D eigenvalue weighted by Gasteiger charge is -2.42. The molecule has 1 saturated heterocycles. The van der Waals surface area contributed by atoms with Gasteiger partial charge in [-0.25, -0.2) is 0 Å². The van der Waals surface area contributed by atoms with E-state index in [1.165, 1.54) is 10.9 Å². The minimum Gasteiger partial charge on any atom is -0.481 e. The van der Waals surface area contributed by atoms with Crippen molar-refractivity contribution < 1.29 is 14.6 Å². The number of nitrogens with one attached hydrogen (secondary N) is 1. The number of hydrogen-bond acceptors (Lipinski definition) is 2. The molecule has 0 spiro atoms. The van der Waals surface area contributed by atoms with Gasteiger partial charge in [-0.3, -0.25) is 4.79 Å². The number of rotatable bonds is 3. The van der Waals surface area contributed by atoms with Crippen molar-refractivity contribution in [3.8, 4) is 0 Å². The van der Waals surface area contributed by atoms with Gasteiger partial charge in [0.1, 0.15) is 0 Å². The molecule has 4 heteroatoms. The Morgan fingerprint density at radius 2 is 2.16 bits per heavy atom. The van der Waals surface area contributed by atoms with E-state index in [2.05, 4.69) is 11.1 Å². The average molecular weight is 257 g/mol. The molecular formula is C15H15NO3. The summed E-state index contributed by atoms with van der Waals surface area (Å²) in [5, 5.41) is 10.4. The maximum absolute atomic E-state index is 11.1. The number of carbonyl (C=O) groups is 1. The van der Waals surface area contributed by atoms with Crippen LogP contribution in [0.3, 0.4) is 0 Å². The standard InChI is InChI=1S/C15H15NO3/c17-14(18)10-5-11(10)15(7-19-8-15)12-6-16-13-4-2-1-3-9(12)13/h1-4,6,10-11,16H,5,7-8H2,(H,17,18). The van der Waals surface area contributed by atoms with E-state index in [-0.39, 0.29) is 17.3 Å². The Balaban J connectivity index is 1.79. The lowest BCUT2D eigenvalue weighted by atomic mass is 9.73. The van der Waals surface area contributed by atoms with Crippen molar-refractivity contribution in [1.29, 1.82) is 0 Å². The number of aromatic amines is 1. The smallest absolute Gasteiger partial charge is 0.306 e. The molecule has 2 N–H and O–H groups in total. The van der Waals surface area contributed by atoms with Crippen molar-refractivity contribution in [2.24, 2.45) is 11.8 Å². The van der Waals surface area contributed by atoms with E-state index in [0.717, 1.165) is 11.9 Å². The minimum atomic E-state index is -0.670. The third-order valence-electron chi connectivity index (χ3n) is 4.66. The summed E-state index contributed by atoms with van der Waals surface area (Å²) >= 11 is 0. The maximum Gasteiger partial charge on any atom is 0.306 e. The molecule has 1 aromatic heterocycles. The summed E-state index contributed by atoms with van der Waals surface area (Å²) in [6.45, 7) is 1.28. The van der Waals surface area contributed by atoms with Gasteiger partial charge in [-0.2, -0.15) is 0 Å². The maximum atomic E-state index is 11.1. The molecule has 0 radical (unpaired) electrons. The Morgan fingerprint density at radius 3 is 2.79 bits per heavy atom. The Hall–Kier alpha value is -1.81. The number of aliphatic carboxylic acids is 1. The van der Waals surface area contributed by atoms with Crippen molar-refractivity contribution in [3.63, 3.8) is 0 Å². The number of carboxylic acid groups (broad SMARTS) is 1. The van der Waals surface area contributed by atoms with E-state index in [9.17, 15) is 4.79 Å². The molecule has 1 aliphatic carbocycles. The molecule has 2 atom stereocenters. The lowest BCUT2D eigenvalue weighted by molar-refractivity contribution is -0.140. The first-order chi connectivity index (χ1) is 9.22. The SMILES string of the molecule is O=C(O)C1CC1C1(c2c[nH]c3ccccc23)COC1. The number of fused-ring (bicyclic) bond motifs is 1. The summed E-state index contributed by atoms with van der Waals surface area (Å²) in [7, 11) is 0. The van der Waals surface area contributed by atoms with Crippen LogP contribution in [-0.2, 0) is 14.9 Å². The first kappa shape index (κ1) is 11.1. The molecule has 1 aromatic carbocycles. The summed E-state index contributed by atoms with van der Waals surface area (Å²) in [6.07, 6.45) is 2.81. The number of hydrogen-bond donors (Lipinski definition) is 2. The Morgan fingerprint density at radius 1 is 1.37 bits per heavy atom. The number of H-pyrrole nitrogens is 1. The Bertz CT molecular complexity index is 656. The van der Waals surface area contributed by atoms with E-state index in [0.29, 0.717) is 13.2 Å². The third-order valence-corrected chi connectivity index (χ3v) is 4.66. The van der Waals surface area contributed by atoms with Crippen LogP contribution in [0.5, 0.6) is 0 Å². The van der Waals surface area contributed by atoms with E-state index < -0.39 is 5.97 Å². The minimum absolute atomic E-state index is 0.0946. The average Bonchev–Trinajstić information content (AvgIpc) is 3.03. The molecule has 2 unspecified atom stereocenters. The quantitative estimate of drug-likeness (QED) is 0.885. The van der Waals surface area contributed by atoms with Gasteiger partial charge in [0, 0.05) is 22.5 Å². The highest BCUT2D eigenvalue weighted by atomic mass is 16.5. The first-order valence-corrected chi connectivity index (χ1v) is 6.59. The number of aromatic nitrogens is 1. The summed E-state index contributed by atoms with van der Waals surface area (Å²) in [6, 6.07) is 8.17. The molecule has 2 heterocycles. The molecule has 1 aliphatic heterocycles. The fraction of sp³-hybridized carbons (Fsp3) is 0.400. The fourth-order valence-corrected chi connectivity index (χ4v) is 3.45. The van der Waals surface area contributed by atoms with Gasteiger partial charge in [-0.15, -0.1) is 0 Å². The monoisotopic (exact) mass is 257 g/mol. The summed E-state index contributed by atoms with van der Waals surface area (Å²) in [5.41, 5.74) is 2.24.